The zero-order chi connectivity index (χ0) is 13.5. The summed E-state index contributed by atoms with van der Waals surface area (Å²) in [5, 5.41) is 6.45. The van der Waals surface area contributed by atoms with Crippen LogP contribution in [-0.4, -0.2) is 49.5 Å². The average Bonchev–Trinajstić information content (AvgIpc) is 2.81. The van der Waals surface area contributed by atoms with Gasteiger partial charge in [-0.1, -0.05) is 19.9 Å². The van der Waals surface area contributed by atoms with Gasteiger partial charge in [-0.2, -0.15) is 0 Å². The van der Waals surface area contributed by atoms with Gasteiger partial charge in [0.25, 0.3) is 0 Å². The molecule has 1 amide bonds. The minimum atomic E-state index is 0. The first kappa shape index (κ1) is 18.2. The predicted octanol–water partition coefficient (Wildman–Crippen LogP) is 1.21. The first-order chi connectivity index (χ1) is 8.58. The van der Waals surface area contributed by atoms with Crippen LogP contribution >= 0.6 is 24.0 Å². The van der Waals surface area contributed by atoms with E-state index >= 15 is 0 Å². The minimum absolute atomic E-state index is 0. The highest BCUT2D eigenvalue weighted by atomic mass is 127. The topological polar surface area (TPSA) is 56.7 Å². The Morgan fingerprint density at radius 1 is 1.58 bits per heavy atom. The number of guanidine groups is 1. The Bertz CT molecular complexity index is 331. The Kier molecular flexibility index (Phi) is 8.79. The molecule has 19 heavy (non-hydrogen) atoms. The minimum Gasteiger partial charge on any atom is -0.353 e. The van der Waals surface area contributed by atoms with Crippen molar-refractivity contribution in [1.82, 2.24) is 15.5 Å². The summed E-state index contributed by atoms with van der Waals surface area (Å²) in [4.78, 5) is 17.9. The molecule has 1 aliphatic rings. The van der Waals surface area contributed by atoms with E-state index in [9.17, 15) is 4.79 Å². The molecule has 0 aliphatic carbocycles. The summed E-state index contributed by atoms with van der Waals surface area (Å²) in [6.07, 6.45) is 2.75. The summed E-state index contributed by atoms with van der Waals surface area (Å²) in [6.45, 7) is 9.80. The average molecular weight is 380 g/mol. The maximum Gasteiger partial charge on any atom is 0.225 e. The van der Waals surface area contributed by atoms with Crippen LogP contribution in [0.4, 0.5) is 0 Å². The number of carbonyl (C=O) groups excluding carboxylic acids is 1. The number of amides is 1. The lowest BCUT2D eigenvalue weighted by molar-refractivity contribution is -0.133. The largest absolute Gasteiger partial charge is 0.353 e. The first-order valence-corrected chi connectivity index (χ1v) is 6.45. The number of hydrogen-bond acceptors (Lipinski definition) is 2. The second-order valence-electron chi connectivity index (χ2n) is 4.81. The van der Waals surface area contributed by atoms with Crippen LogP contribution in [0.1, 0.15) is 20.3 Å². The fourth-order valence-corrected chi connectivity index (χ4v) is 2.00. The zero-order valence-electron chi connectivity index (χ0n) is 12.0. The molecular formula is C13H25IN4O. The molecule has 1 saturated heterocycles. The van der Waals surface area contributed by atoms with Gasteiger partial charge in [-0.15, -0.1) is 30.6 Å². The normalized spacial score (nSPS) is 19.1. The van der Waals surface area contributed by atoms with Gasteiger partial charge < -0.3 is 15.5 Å². The highest BCUT2D eigenvalue weighted by molar-refractivity contribution is 14.0. The number of likely N-dealkylation sites (tertiary alicyclic amines) is 1. The summed E-state index contributed by atoms with van der Waals surface area (Å²) in [7, 11) is 1.74. The Labute approximate surface area is 132 Å². The van der Waals surface area contributed by atoms with Crippen molar-refractivity contribution in [2.75, 3.05) is 26.7 Å². The molecule has 0 saturated carbocycles. The van der Waals surface area contributed by atoms with Gasteiger partial charge in [0.2, 0.25) is 5.91 Å². The molecule has 1 unspecified atom stereocenters. The molecule has 110 valence electrons. The van der Waals surface area contributed by atoms with Crippen molar-refractivity contribution in [3.63, 3.8) is 0 Å². The summed E-state index contributed by atoms with van der Waals surface area (Å²) in [6, 6.07) is 0.281. The zero-order valence-corrected chi connectivity index (χ0v) is 14.3. The van der Waals surface area contributed by atoms with E-state index in [0.29, 0.717) is 6.54 Å². The molecule has 1 fully saturated rings. The lowest BCUT2D eigenvalue weighted by atomic mass is 10.2. The molecule has 0 aromatic carbocycles. The summed E-state index contributed by atoms with van der Waals surface area (Å²) >= 11 is 0. The number of hydrogen-bond donors (Lipinski definition) is 2. The van der Waals surface area contributed by atoms with E-state index in [1.165, 1.54) is 0 Å². The van der Waals surface area contributed by atoms with Gasteiger partial charge in [0, 0.05) is 38.6 Å². The van der Waals surface area contributed by atoms with Crippen LogP contribution in [-0.2, 0) is 4.79 Å². The predicted molar refractivity (Wildman–Crippen MR) is 89.9 cm³/mol. The number of nitrogens with one attached hydrogen (secondary N) is 2. The Hall–Kier alpha value is -0.790. The highest BCUT2D eigenvalue weighted by Gasteiger charge is 2.27. The molecule has 1 aliphatic heterocycles. The summed E-state index contributed by atoms with van der Waals surface area (Å²) < 4.78 is 0. The van der Waals surface area contributed by atoms with Gasteiger partial charge >= 0.3 is 0 Å². The van der Waals surface area contributed by atoms with Gasteiger partial charge in [0.15, 0.2) is 5.96 Å². The van der Waals surface area contributed by atoms with Crippen LogP contribution in [0, 0.1) is 5.92 Å². The molecule has 6 heteroatoms. The van der Waals surface area contributed by atoms with Crippen molar-refractivity contribution in [3.05, 3.63) is 12.7 Å². The van der Waals surface area contributed by atoms with Gasteiger partial charge in [-0.05, 0) is 6.42 Å². The maximum atomic E-state index is 11.9. The van der Waals surface area contributed by atoms with E-state index in [1.54, 1.807) is 13.1 Å². The van der Waals surface area contributed by atoms with Crippen LogP contribution < -0.4 is 10.6 Å². The van der Waals surface area contributed by atoms with Crippen molar-refractivity contribution in [2.24, 2.45) is 10.9 Å². The molecule has 0 bridgehead atoms. The molecule has 1 atom stereocenters. The molecule has 2 N–H and O–H groups in total. The van der Waals surface area contributed by atoms with E-state index in [2.05, 4.69) is 22.2 Å². The van der Waals surface area contributed by atoms with Crippen molar-refractivity contribution in [1.29, 1.82) is 0 Å². The third-order valence-electron chi connectivity index (χ3n) is 2.97. The van der Waals surface area contributed by atoms with Crippen molar-refractivity contribution in [2.45, 2.75) is 26.3 Å². The monoisotopic (exact) mass is 380 g/mol. The lowest BCUT2D eigenvalue weighted by Crippen LogP contribution is -2.45. The van der Waals surface area contributed by atoms with Crippen LogP contribution in [0.25, 0.3) is 0 Å². The molecule has 0 radical (unpaired) electrons. The Morgan fingerprint density at radius 3 is 2.79 bits per heavy atom. The second-order valence-corrected chi connectivity index (χ2v) is 4.81. The smallest absolute Gasteiger partial charge is 0.225 e. The van der Waals surface area contributed by atoms with Crippen molar-refractivity contribution < 1.29 is 4.79 Å². The molecule has 1 heterocycles. The third kappa shape index (κ3) is 5.80. The van der Waals surface area contributed by atoms with E-state index in [0.717, 1.165) is 25.5 Å². The van der Waals surface area contributed by atoms with Gasteiger partial charge in [-0.3, -0.25) is 9.79 Å². The fourth-order valence-electron chi connectivity index (χ4n) is 2.00. The molecule has 0 spiro atoms. The van der Waals surface area contributed by atoms with Crippen LogP contribution in [0.3, 0.4) is 0 Å². The van der Waals surface area contributed by atoms with Crippen LogP contribution in [0.2, 0.25) is 0 Å². The van der Waals surface area contributed by atoms with Gasteiger partial charge in [-0.25, -0.2) is 0 Å². The molecular weight excluding hydrogens is 355 g/mol. The SMILES string of the molecule is C=CCNC(=NC)NC1CCN(C(=O)C(C)C)C1.I. The number of rotatable bonds is 4. The Morgan fingerprint density at radius 2 is 2.26 bits per heavy atom. The van der Waals surface area contributed by atoms with E-state index in [1.807, 2.05) is 18.7 Å². The number of nitrogens with zero attached hydrogens (tertiary/aromatic N) is 2. The summed E-state index contributed by atoms with van der Waals surface area (Å²) in [5.41, 5.74) is 0. The van der Waals surface area contributed by atoms with Gasteiger partial charge in [0.05, 0.1) is 0 Å². The maximum absolute atomic E-state index is 11.9. The number of aliphatic imine (C=N–C) groups is 1. The van der Waals surface area contributed by atoms with Crippen molar-refractivity contribution in [3.8, 4) is 0 Å². The van der Waals surface area contributed by atoms with Crippen LogP contribution in [0.5, 0.6) is 0 Å². The highest BCUT2D eigenvalue weighted by Crippen LogP contribution is 2.12. The fraction of sp³-hybridized carbons (Fsp3) is 0.692. The molecule has 5 nitrogen and oxygen atoms in total. The second kappa shape index (κ2) is 9.17. The Balaban J connectivity index is 0.00000324. The standard InChI is InChI=1S/C13H24N4O.HI/c1-5-7-15-13(14-4)16-11-6-8-17(9-11)12(18)10(2)3;/h5,10-11H,1,6-9H2,2-4H3,(H2,14,15,16);1H. The van der Waals surface area contributed by atoms with E-state index in [-0.39, 0.29) is 41.8 Å². The van der Waals surface area contributed by atoms with Crippen LogP contribution in [0.15, 0.2) is 17.6 Å². The van der Waals surface area contributed by atoms with E-state index < -0.39 is 0 Å². The number of carbonyl (C=O) groups is 1. The summed E-state index contributed by atoms with van der Waals surface area (Å²) in [5.74, 6) is 1.06. The molecule has 0 aromatic rings. The van der Waals surface area contributed by atoms with Crippen molar-refractivity contribution >= 4 is 35.8 Å². The molecule has 0 aromatic heterocycles. The number of halogens is 1. The lowest BCUT2D eigenvalue weighted by Gasteiger charge is -2.20. The first-order valence-electron chi connectivity index (χ1n) is 6.45. The molecule has 1 rings (SSSR count). The third-order valence-corrected chi connectivity index (χ3v) is 2.97. The van der Waals surface area contributed by atoms with E-state index in [4.69, 9.17) is 0 Å². The van der Waals surface area contributed by atoms with Gasteiger partial charge in [0.1, 0.15) is 0 Å². The quantitative estimate of drug-likeness (QED) is 0.334.